The number of nitrogens with two attached hydrogens (primary N) is 1. The lowest BCUT2D eigenvalue weighted by Crippen LogP contribution is -2.43. The highest BCUT2D eigenvalue weighted by atomic mass is 19.4. The highest BCUT2D eigenvalue weighted by Gasteiger charge is 2.35. The largest absolute Gasteiger partial charge is 0.451 e. The smallest absolute Gasteiger partial charge is 0.384 e. The maximum Gasteiger partial charge on any atom is 0.451 e. The van der Waals surface area contributed by atoms with Gasteiger partial charge in [-0.25, -0.2) is 15.0 Å². The van der Waals surface area contributed by atoms with Gasteiger partial charge in [-0.3, -0.25) is 9.78 Å². The Morgan fingerprint density at radius 2 is 1.74 bits per heavy atom. The molecule has 1 fully saturated rings. The standard InChI is InChI=1S/C26H23F3N8O/c27-26(28,29)25-35-21(14-23(30)36-25)18-8-9-32-15-22(18)34-24(38)20-3-1-2-19(33-20)16-4-6-17(7-5-16)37-12-10-31-11-13-37/h1-9,14-15,31H,10-13H2,(H,34,38)(H2,30,35,36). The van der Waals surface area contributed by atoms with E-state index in [-0.39, 0.29) is 28.5 Å². The molecule has 1 aliphatic heterocycles. The third kappa shape index (κ3) is 5.54. The Labute approximate surface area is 216 Å². The summed E-state index contributed by atoms with van der Waals surface area (Å²) in [6.07, 6.45) is -2.09. The van der Waals surface area contributed by atoms with Crippen molar-refractivity contribution in [3.63, 3.8) is 0 Å². The van der Waals surface area contributed by atoms with Gasteiger partial charge < -0.3 is 21.3 Å². The minimum absolute atomic E-state index is 0.103. The first kappa shape index (κ1) is 25.1. The van der Waals surface area contributed by atoms with Crippen molar-refractivity contribution in [3.05, 3.63) is 78.5 Å². The normalized spacial score (nSPS) is 13.8. The third-order valence-electron chi connectivity index (χ3n) is 5.97. The number of nitrogens with zero attached hydrogens (tertiary/aromatic N) is 5. The quantitative estimate of drug-likeness (QED) is 0.363. The van der Waals surface area contributed by atoms with Gasteiger partial charge >= 0.3 is 6.18 Å². The van der Waals surface area contributed by atoms with Crippen molar-refractivity contribution >= 4 is 23.1 Å². The number of halogens is 3. The summed E-state index contributed by atoms with van der Waals surface area (Å²) in [6.45, 7) is 3.74. The van der Waals surface area contributed by atoms with Crippen molar-refractivity contribution < 1.29 is 18.0 Å². The SMILES string of the molecule is Nc1cc(-c2ccncc2NC(=O)c2cccc(-c3ccc(N4CCNCC4)cc3)n2)nc(C(F)(F)F)n1. The molecule has 1 saturated heterocycles. The molecular formula is C26H23F3N8O. The molecule has 4 N–H and O–H groups in total. The lowest BCUT2D eigenvalue weighted by atomic mass is 10.1. The number of amides is 1. The van der Waals surface area contributed by atoms with Crippen molar-refractivity contribution in [1.29, 1.82) is 0 Å². The van der Waals surface area contributed by atoms with Crippen molar-refractivity contribution in [2.24, 2.45) is 0 Å². The number of carbonyl (C=O) groups excluding carboxylic acids is 1. The zero-order chi connectivity index (χ0) is 26.7. The van der Waals surface area contributed by atoms with Crippen molar-refractivity contribution in [2.75, 3.05) is 42.1 Å². The number of hydrogen-bond acceptors (Lipinski definition) is 8. The first-order chi connectivity index (χ1) is 18.3. The molecule has 0 unspecified atom stereocenters. The number of alkyl halides is 3. The molecule has 4 heterocycles. The van der Waals surface area contributed by atoms with Crippen molar-refractivity contribution in [2.45, 2.75) is 6.18 Å². The van der Waals surface area contributed by atoms with Crippen LogP contribution in [0.25, 0.3) is 22.5 Å². The number of aromatic nitrogens is 4. The van der Waals surface area contributed by atoms with Crippen LogP contribution in [0.5, 0.6) is 0 Å². The second kappa shape index (κ2) is 10.4. The predicted molar refractivity (Wildman–Crippen MR) is 137 cm³/mol. The fourth-order valence-corrected chi connectivity index (χ4v) is 4.12. The third-order valence-corrected chi connectivity index (χ3v) is 5.97. The summed E-state index contributed by atoms with van der Waals surface area (Å²) in [5.41, 5.74) is 8.53. The Bertz CT molecular complexity index is 1450. The molecule has 0 aliphatic carbocycles. The number of hydrogen-bond donors (Lipinski definition) is 3. The maximum atomic E-state index is 13.2. The van der Waals surface area contributed by atoms with Gasteiger partial charge in [-0.1, -0.05) is 18.2 Å². The highest BCUT2D eigenvalue weighted by Crippen LogP contribution is 2.32. The number of pyridine rings is 2. The van der Waals surface area contributed by atoms with E-state index < -0.39 is 17.9 Å². The zero-order valence-electron chi connectivity index (χ0n) is 20.0. The summed E-state index contributed by atoms with van der Waals surface area (Å²) in [5, 5.41) is 6.00. The average molecular weight is 521 g/mol. The lowest BCUT2D eigenvalue weighted by molar-refractivity contribution is -0.144. The second-order valence-corrected chi connectivity index (χ2v) is 8.57. The number of benzene rings is 1. The summed E-state index contributed by atoms with van der Waals surface area (Å²) in [6, 6.07) is 15.7. The molecule has 1 amide bonds. The molecular weight excluding hydrogens is 497 g/mol. The summed E-state index contributed by atoms with van der Waals surface area (Å²) in [5.74, 6) is -2.29. The molecule has 1 aromatic carbocycles. The molecule has 12 heteroatoms. The Morgan fingerprint density at radius 3 is 2.47 bits per heavy atom. The van der Waals surface area contributed by atoms with E-state index in [9.17, 15) is 18.0 Å². The molecule has 4 aromatic rings. The lowest BCUT2D eigenvalue weighted by Gasteiger charge is -2.29. The van der Waals surface area contributed by atoms with Crippen LogP contribution in [0.15, 0.2) is 67.0 Å². The van der Waals surface area contributed by atoms with Crippen LogP contribution < -0.4 is 21.3 Å². The number of rotatable bonds is 5. The zero-order valence-corrected chi connectivity index (χ0v) is 20.0. The molecule has 0 spiro atoms. The van der Waals surface area contributed by atoms with E-state index in [1.54, 1.807) is 18.2 Å². The summed E-state index contributed by atoms with van der Waals surface area (Å²) in [4.78, 5) is 30.7. The van der Waals surface area contributed by atoms with Gasteiger partial charge in [0, 0.05) is 55.3 Å². The molecule has 1 aliphatic rings. The van der Waals surface area contributed by atoms with Crippen molar-refractivity contribution in [3.8, 4) is 22.5 Å². The Morgan fingerprint density at radius 1 is 0.974 bits per heavy atom. The molecule has 0 radical (unpaired) electrons. The summed E-state index contributed by atoms with van der Waals surface area (Å²) >= 11 is 0. The van der Waals surface area contributed by atoms with Crippen LogP contribution in [0.3, 0.4) is 0 Å². The van der Waals surface area contributed by atoms with Gasteiger partial charge in [-0.05, 0) is 30.3 Å². The van der Waals surface area contributed by atoms with Gasteiger partial charge in [-0.2, -0.15) is 13.2 Å². The van der Waals surface area contributed by atoms with E-state index in [2.05, 4.69) is 35.5 Å². The van der Waals surface area contributed by atoms with Gasteiger partial charge in [0.25, 0.3) is 5.91 Å². The fraction of sp³-hybridized carbons (Fsp3) is 0.192. The van der Waals surface area contributed by atoms with E-state index in [4.69, 9.17) is 5.73 Å². The highest BCUT2D eigenvalue weighted by molar-refractivity contribution is 6.05. The molecule has 0 saturated carbocycles. The number of anilines is 3. The van der Waals surface area contributed by atoms with Gasteiger partial charge in [-0.15, -0.1) is 0 Å². The molecule has 3 aromatic heterocycles. The van der Waals surface area contributed by atoms with Crippen LogP contribution >= 0.6 is 0 Å². The predicted octanol–water partition coefficient (Wildman–Crippen LogP) is 3.86. The van der Waals surface area contributed by atoms with E-state index in [1.165, 1.54) is 24.5 Å². The molecule has 38 heavy (non-hydrogen) atoms. The van der Waals surface area contributed by atoms with Crippen LogP contribution in [0, 0.1) is 0 Å². The first-order valence-electron chi connectivity index (χ1n) is 11.8. The Hall–Kier alpha value is -4.58. The van der Waals surface area contributed by atoms with Crippen LogP contribution in [-0.2, 0) is 6.18 Å². The molecule has 0 bridgehead atoms. The fourth-order valence-electron chi connectivity index (χ4n) is 4.12. The number of carbonyl (C=O) groups is 1. The Balaban J connectivity index is 1.38. The summed E-state index contributed by atoms with van der Waals surface area (Å²) in [7, 11) is 0. The summed E-state index contributed by atoms with van der Waals surface area (Å²) < 4.78 is 39.6. The van der Waals surface area contributed by atoms with Crippen molar-refractivity contribution in [1.82, 2.24) is 25.3 Å². The van der Waals surface area contributed by atoms with Gasteiger partial charge in [0.2, 0.25) is 5.82 Å². The van der Waals surface area contributed by atoms with Gasteiger partial charge in [0.05, 0.1) is 23.3 Å². The number of nitrogen functional groups attached to an aromatic ring is 1. The monoisotopic (exact) mass is 520 g/mol. The van der Waals surface area contributed by atoms with E-state index in [0.29, 0.717) is 5.69 Å². The molecule has 5 rings (SSSR count). The number of nitrogens with one attached hydrogen (secondary N) is 2. The molecule has 0 atom stereocenters. The first-order valence-corrected chi connectivity index (χ1v) is 11.8. The average Bonchev–Trinajstić information content (AvgIpc) is 2.93. The van der Waals surface area contributed by atoms with Crippen LogP contribution in [0.2, 0.25) is 0 Å². The topological polar surface area (TPSA) is 122 Å². The molecule has 194 valence electrons. The maximum absolute atomic E-state index is 13.2. The van der Waals surface area contributed by atoms with Crippen LogP contribution in [0.1, 0.15) is 16.3 Å². The number of piperazine rings is 1. The minimum Gasteiger partial charge on any atom is -0.384 e. The van der Waals surface area contributed by atoms with Crippen LogP contribution in [-0.4, -0.2) is 52.0 Å². The minimum atomic E-state index is -4.78. The van der Waals surface area contributed by atoms with Crippen LogP contribution in [0.4, 0.5) is 30.4 Å². The molecule has 9 nitrogen and oxygen atoms in total. The van der Waals surface area contributed by atoms with Gasteiger partial charge in [0.15, 0.2) is 0 Å². The van der Waals surface area contributed by atoms with E-state index in [1.807, 2.05) is 24.3 Å². The second-order valence-electron chi connectivity index (χ2n) is 8.57. The Kier molecular flexibility index (Phi) is 6.88. The van der Waals surface area contributed by atoms with Gasteiger partial charge in [0.1, 0.15) is 11.5 Å². The van der Waals surface area contributed by atoms with E-state index in [0.717, 1.165) is 37.4 Å². The van der Waals surface area contributed by atoms with E-state index >= 15 is 0 Å².